The lowest BCUT2D eigenvalue weighted by molar-refractivity contribution is -0.744. The molecule has 0 radical (unpaired) electrons. The highest BCUT2D eigenvalue weighted by molar-refractivity contribution is 5.34. The summed E-state index contributed by atoms with van der Waals surface area (Å²) < 4.78 is 3.78. The Morgan fingerprint density at radius 2 is 2.50 bits per heavy atom. The van der Waals surface area contributed by atoms with Crippen LogP contribution in [-0.4, -0.2) is 14.7 Å². The van der Waals surface area contributed by atoms with Crippen LogP contribution in [0.15, 0.2) is 12.4 Å². The predicted molar refractivity (Wildman–Crippen MR) is 35.5 cm³/mol. The van der Waals surface area contributed by atoms with Gasteiger partial charge in [0, 0.05) is 6.07 Å². The zero-order chi connectivity index (χ0) is 7.14. The van der Waals surface area contributed by atoms with Crippen molar-refractivity contribution in [3.8, 4) is 0 Å². The number of aromatic amines is 1. The number of fused-ring (bicyclic) bond motifs is 1. The van der Waals surface area contributed by atoms with Crippen molar-refractivity contribution < 1.29 is 4.68 Å². The Morgan fingerprint density at radius 3 is 3.20 bits per heavy atom. The highest BCUT2D eigenvalue weighted by Crippen LogP contribution is 1.96. The standard InChI is InChI=1S/C6H8N4/c1-5-3-6-7-4-9(2)10(6)8-5/h3-4H,1-2H3/p+1. The maximum Gasteiger partial charge on any atom is 0.273 e. The van der Waals surface area contributed by atoms with Crippen LogP contribution in [-0.2, 0) is 7.05 Å². The summed E-state index contributed by atoms with van der Waals surface area (Å²) in [5.41, 5.74) is 2.08. The largest absolute Gasteiger partial charge is 0.273 e. The van der Waals surface area contributed by atoms with Gasteiger partial charge in [0.2, 0.25) is 6.33 Å². The summed E-state index contributed by atoms with van der Waals surface area (Å²) in [5.74, 6) is 0. The van der Waals surface area contributed by atoms with E-state index in [1.807, 2.05) is 29.3 Å². The van der Waals surface area contributed by atoms with E-state index in [1.165, 1.54) is 0 Å². The third-order valence-corrected chi connectivity index (χ3v) is 1.52. The Balaban J connectivity index is 2.90. The SMILES string of the molecule is Cc1cc2nc[n+](C)n2[nH]1. The van der Waals surface area contributed by atoms with E-state index in [-0.39, 0.29) is 0 Å². The molecule has 4 nitrogen and oxygen atoms in total. The summed E-state index contributed by atoms with van der Waals surface area (Å²) in [6, 6.07) is 2.00. The van der Waals surface area contributed by atoms with E-state index < -0.39 is 0 Å². The first-order valence-electron chi connectivity index (χ1n) is 3.16. The van der Waals surface area contributed by atoms with Crippen LogP contribution in [0.1, 0.15) is 5.69 Å². The molecule has 2 aromatic rings. The van der Waals surface area contributed by atoms with Gasteiger partial charge in [-0.1, -0.05) is 9.61 Å². The van der Waals surface area contributed by atoms with Crippen LogP contribution in [0.25, 0.3) is 5.65 Å². The minimum Gasteiger partial charge on any atom is -0.206 e. The van der Waals surface area contributed by atoms with Gasteiger partial charge in [0.1, 0.15) is 0 Å². The molecule has 52 valence electrons. The van der Waals surface area contributed by atoms with Crippen molar-refractivity contribution in [2.24, 2.45) is 7.05 Å². The van der Waals surface area contributed by atoms with Crippen molar-refractivity contribution >= 4 is 5.65 Å². The van der Waals surface area contributed by atoms with Crippen LogP contribution in [0.3, 0.4) is 0 Å². The van der Waals surface area contributed by atoms with Crippen molar-refractivity contribution in [2.45, 2.75) is 6.92 Å². The maximum atomic E-state index is 4.13. The van der Waals surface area contributed by atoms with E-state index in [9.17, 15) is 0 Å². The second-order valence-corrected chi connectivity index (χ2v) is 2.43. The quantitative estimate of drug-likeness (QED) is 0.501. The lowest BCUT2D eigenvalue weighted by atomic mass is 10.5. The minimum absolute atomic E-state index is 0.958. The molecule has 0 amide bonds. The van der Waals surface area contributed by atoms with E-state index in [0.29, 0.717) is 0 Å². The molecular weight excluding hydrogens is 128 g/mol. The Hall–Kier alpha value is -1.32. The molecule has 0 unspecified atom stereocenters. The van der Waals surface area contributed by atoms with Gasteiger partial charge >= 0.3 is 0 Å². The molecule has 0 saturated carbocycles. The number of hydrogen-bond acceptors (Lipinski definition) is 1. The molecular formula is C6H9N4+. The number of nitrogens with zero attached hydrogens (tertiary/aromatic N) is 3. The van der Waals surface area contributed by atoms with Crippen molar-refractivity contribution in [2.75, 3.05) is 0 Å². The molecule has 0 fully saturated rings. The highest BCUT2D eigenvalue weighted by Gasteiger charge is 2.06. The third kappa shape index (κ3) is 0.556. The van der Waals surface area contributed by atoms with E-state index >= 15 is 0 Å². The summed E-state index contributed by atoms with van der Waals surface area (Å²) in [4.78, 5) is 4.13. The van der Waals surface area contributed by atoms with Crippen LogP contribution in [0.2, 0.25) is 0 Å². The number of aromatic nitrogens is 4. The van der Waals surface area contributed by atoms with Crippen molar-refractivity contribution in [3.05, 3.63) is 18.1 Å². The van der Waals surface area contributed by atoms with Gasteiger partial charge < -0.3 is 0 Å². The molecule has 2 heterocycles. The third-order valence-electron chi connectivity index (χ3n) is 1.52. The van der Waals surface area contributed by atoms with Crippen molar-refractivity contribution in [3.63, 3.8) is 0 Å². The topological polar surface area (TPSA) is 37.0 Å². The number of hydrogen-bond donors (Lipinski definition) is 1. The zero-order valence-corrected chi connectivity index (χ0v) is 6.00. The van der Waals surface area contributed by atoms with Crippen LogP contribution >= 0.6 is 0 Å². The first kappa shape index (κ1) is 5.46. The Kier molecular flexibility index (Phi) is 0.869. The average molecular weight is 137 g/mol. The summed E-state index contributed by atoms with van der Waals surface area (Å²) in [7, 11) is 1.94. The van der Waals surface area contributed by atoms with Gasteiger partial charge in [-0.3, -0.25) is 0 Å². The van der Waals surface area contributed by atoms with Gasteiger partial charge in [0.05, 0.1) is 12.7 Å². The fraction of sp³-hybridized carbons (Fsp3) is 0.333. The highest BCUT2D eigenvalue weighted by atomic mass is 15.5. The molecule has 1 N–H and O–H groups in total. The molecule has 10 heavy (non-hydrogen) atoms. The van der Waals surface area contributed by atoms with Crippen molar-refractivity contribution in [1.82, 2.24) is 14.7 Å². The lowest BCUT2D eigenvalue weighted by Crippen LogP contribution is -2.34. The average Bonchev–Trinajstić information content (AvgIpc) is 2.35. The summed E-state index contributed by atoms with van der Waals surface area (Å²) in [5, 5.41) is 3.12. The van der Waals surface area contributed by atoms with Gasteiger partial charge in [0.25, 0.3) is 5.65 Å². The summed E-state index contributed by atoms with van der Waals surface area (Å²) in [6.07, 6.45) is 1.77. The van der Waals surface area contributed by atoms with Crippen LogP contribution in [0.5, 0.6) is 0 Å². The minimum atomic E-state index is 0.958. The lowest BCUT2D eigenvalue weighted by Gasteiger charge is -1.82. The van der Waals surface area contributed by atoms with Gasteiger partial charge in [-0.05, 0) is 6.92 Å². The zero-order valence-electron chi connectivity index (χ0n) is 6.00. The summed E-state index contributed by atoms with van der Waals surface area (Å²) >= 11 is 0. The number of H-pyrrole nitrogens is 1. The second-order valence-electron chi connectivity index (χ2n) is 2.43. The first-order valence-corrected chi connectivity index (χ1v) is 3.16. The van der Waals surface area contributed by atoms with Gasteiger partial charge in [0.15, 0.2) is 0 Å². The molecule has 4 heteroatoms. The van der Waals surface area contributed by atoms with Gasteiger partial charge in [-0.25, -0.2) is 5.10 Å². The fourth-order valence-corrected chi connectivity index (χ4v) is 1.04. The normalized spacial score (nSPS) is 11.0. The molecule has 0 aliphatic carbocycles. The van der Waals surface area contributed by atoms with E-state index in [1.54, 1.807) is 6.33 Å². The van der Waals surface area contributed by atoms with Gasteiger partial charge in [-0.15, -0.1) is 0 Å². The number of aryl methyl sites for hydroxylation is 2. The molecule has 2 aromatic heterocycles. The molecule has 0 saturated heterocycles. The smallest absolute Gasteiger partial charge is 0.206 e. The van der Waals surface area contributed by atoms with E-state index in [4.69, 9.17) is 0 Å². The number of rotatable bonds is 0. The molecule has 0 aliphatic rings. The van der Waals surface area contributed by atoms with Gasteiger partial charge in [-0.2, -0.15) is 4.68 Å². The van der Waals surface area contributed by atoms with Crippen LogP contribution in [0.4, 0.5) is 0 Å². The predicted octanol–water partition coefficient (Wildman–Crippen LogP) is -0.205. The summed E-state index contributed by atoms with van der Waals surface area (Å²) in [6.45, 7) is 2.01. The molecule has 0 spiro atoms. The van der Waals surface area contributed by atoms with Crippen LogP contribution < -0.4 is 4.68 Å². The Labute approximate surface area is 58.1 Å². The Bertz CT molecular complexity index is 357. The van der Waals surface area contributed by atoms with Crippen LogP contribution in [0, 0.1) is 6.92 Å². The van der Waals surface area contributed by atoms with Crippen molar-refractivity contribution in [1.29, 1.82) is 0 Å². The monoisotopic (exact) mass is 137 g/mol. The molecule has 0 aromatic carbocycles. The maximum absolute atomic E-state index is 4.13. The molecule has 0 aliphatic heterocycles. The molecule has 2 rings (SSSR count). The number of nitrogens with one attached hydrogen (secondary N) is 1. The molecule has 0 atom stereocenters. The fourth-order valence-electron chi connectivity index (χ4n) is 1.04. The first-order chi connectivity index (χ1) is 4.77. The molecule has 0 bridgehead atoms. The Morgan fingerprint density at radius 1 is 1.70 bits per heavy atom. The van der Waals surface area contributed by atoms with E-state index in [2.05, 4.69) is 10.1 Å². The second kappa shape index (κ2) is 1.59. The van der Waals surface area contributed by atoms with E-state index in [0.717, 1.165) is 11.3 Å².